The first-order chi connectivity index (χ1) is 10.8. The molecule has 0 heterocycles. The molecule has 0 aromatic heterocycles. The summed E-state index contributed by atoms with van der Waals surface area (Å²) in [5.41, 5.74) is 0. The van der Waals surface area contributed by atoms with Gasteiger partial charge in [0.2, 0.25) is 0 Å². The summed E-state index contributed by atoms with van der Waals surface area (Å²) in [7, 11) is 0. The molecule has 0 aliphatic rings. The molecular formula is C20H36O2. The Bertz CT molecular complexity index is 281. The van der Waals surface area contributed by atoms with Crippen LogP contribution in [-0.2, 0) is 9.53 Å². The van der Waals surface area contributed by atoms with Gasteiger partial charge in [-0.3, -0.25) is 0 Å². The average molecular weight is 309 g/mol. The first-order valence-electron chi connectivity index (χ1n) is 9.25. The fraction of sp³-hybridized carbons (Fsp3) is 0.750. The summed E-state index contributed by atoms with van der Waals surface area (Å²) in [5, 5.41) is 0. The number of carbonyl (C=O) groups is 1. The Morgan fingerprint density at radius 1 is 0.818 bits per heavy atom. The van der Waals surface area contributed by atoms with E-state index < -0.39 is 0 Å². The van der Waals surface area contributed by atoms with Crippen molar-refractivity contribution >= 4 is 5.97 Å². The fourth-order valence-corrected chi connectivity index (χ4v) is 2.48. The lowest BCUT2D eigenvalue weighted by molar-refractivity contribution is -0.136. The van der Waals surface area contributed by atoms with Gasteiger partial charge in [0.1, 0.15) is 6.61 Å². The van der Waals surface area contributed by atoms with E-state index in [0.29, 0.717) is 6.61 Å². The molecule has 0 saturated carbocycles. The van der Waals surface area contributed by atoms with Crippen LogP contribution in [0.1, 0.15) is 90.4 Å². The van der Waals surface area contributed by atoms with Gasteiger partial charge in [-0.05, 0) is 12.8 Å². The normalized spacial score (nSPS) is 11.0. The largest absolute Gasteiger partial charge is 0.458 e. The van der Waals surface area contributed by atoms with Gasteiger partial charge in [-0.15, -0.1) is 0 Å². The van der Waals surface area contributed by atoms with E-state index in [1.54, 1.807) is 0 Å². The van der Waals surface area contributed by atoms with E-state index in [9.17, 15) is 4.79 Å². The molecule has 0 saturated heterocycles. The van der Waals surface area contributed by atoms with Crippen LogP contribution < -0.4 is 0 Å². The van der Waals surface area contributed by atoms with Crippen molar-refractivity contribution in [3.05, 3.63) is 24.8 Å². The quantitative estimate of drug-likeness (QED) is 0.143. The molecule has 0 aliphatic heterocycles. The molecule has 2 heteroatoms. The second-order valence-electron chi connectivity index (χ2n) is 5.98. The van der Waals surface area contributed by atoms with E-state index in [1.807, 2.05) is 6.08 Å². The smallest absolute Gasteiger partial charge is 0.330 e. The number of hydrogen-bond donors (Lipinski definition) is 0. The number of rotatable bonds is 16. The zero-order valence-corrected chi connectivity index (χ0v) is 14.7. The number of carbonyl (C=O) groups excluding carboxylic acids is 1. The summed E-state index contributed by atoms with van der Waals surface area (Å²) in [5.74, 6) is -0.352. The van der Waals surface area contributed by atoms with Gasteiger partial charge in [-0.1, -0.05) is 96.3 Å². The SMILES string of the molecule is C=CC(=O)OC/C=C/CCCCCCCCCCCCCC. The molecule has 0 atom stereocenters. The lowest BCUT2D eigenvalue weighted by Gasteiger charge is -2.02. The van der Waals surface area contributed by atoms with Crippen LogP contribution in [0.2, 0.25) is 0 Å². The molecule has 0 rings (SSSR count). The van der Waals surface area contributed by atoms with Crippen LogP contribution in [0.25, 0.3) is 0 Å². The van der Waals surface area contributed by atoms with Crippen molar-refractivity contribution in [3.8, 4) is 0 Å². The van der Waals surface area contributed by atoms with Gasteiger partial charge >= 0.3 is 5.97 Å². The predicted octanol–water partition coefficient (Wildman–Crippen LogP) is 6.36. The second-order valence-corrected chi connectivity index (χ2v) is 5.98. The minimum atomic E-state index is -0.352. The molecule has 0 radical (unpaired) electrons. The predicted molar refractivity (Wildman–Crippen MR) is 96.0 cm³/mol. The molecule has 0 unspecified atom stereocenters. The summed E-state index contributed by atoms with van der Waals surface area (Å²) in [4.78, 5) is 10.8. The van der Waals surface area contributed by atoms with Gasteiger partial charge in [-0.2, -0.15) is 0 Å². The minimum absolute atomic E-state index is 0.352. The van der Waals surface area contributed by atoms with Crippen LogP contribution in [0.5, 0.6) is 0 Å². The maximum atomic E-state index is 10.8. The molecule has 0 bridgehead atoms. The topological polar surface area (TPSA) is 26.3 Å². The fourth-order valence-electron chi connectivity index (χ4n) is 2.48. The highest BCUT2D eigenvalue weighted by molar-refractivity contribution is 5.81. The molecule has 2 nitrogen and oxygen atoms in total. The first kappa shape index (κ1) is 20.9. The highest BCUT2D eigenvalue weighted by Gasteiger charge is 1.93. The Labute approximate surface area is 138 Å². The molecule has 0 spiro atoms. The zero-order chi connectivity index (χ0) is 16.3. The lowest BCUT2D eigenvalue weighted by Crippen LogP contribution is -1.98. The third-order valence-electron chi connectivity index (χ3n) is 3.88. The van der Waals surface area contributed by atoms with E-state index in [4.69, 9.17) is 4.74 Å². The van der Waals surface area contributed by atoms with E-state index in [-0.39, 0.29) is 5.97 Å². The minimum Gasteiger partial charge on any atom is -0.458 e. The summed E-state index contributed by atoms with van der Waals surface area (Å²) in [6, 6.07) is 0. The van der Waals surface area contributed by atoms with Gasteiger partial charge in [0.05, 0.1) is 0 Å². The van der Waals surface area contributed by atoms with Gasteiger partial charge in [-0.25, -0.2) is 4.79 Å². The van der Waals surface area contributed by atoms with E-state index >= 15 is 0 Å². The van der Waals surface area contributed by atoms with Crippen LogP contribution in [-0.4, -0.2) is 12.6 Å². The number of allylic oxidation sites excluding steroid dienone is 1. The Morgan fingerprint density at radius 2 is 1.32 bits per heavy atom. The van der Waals surface area contributed by atoms with Gasteiger partial charge in [0.25, 0.3) is 0 Å². The number of ether oxygens (including phenoxy) is 1. The first-order valence-corrected chi connectivity index (χ1v) is 9.25. The Balaban J connectivity index is 3.09. The molecule has 0 aromatic rings. The highest BCUT2D eigenvalue weighted by Crippen LogP contribution is 2.12. The van der Waals surface area contributed by atoms with E-state index in [0.717, 1.165) is 6.42 Å². The van der Waals surface area contributed by atoms with Crippen molar-refractivity contribution in [1.82, 2.24) is 0 Å². The Morgan fingerprint density at radius 3 is 1.82 bits per heavy atom. The van der Waals surface area contributed by atoms with E-state index in [2.05, 4.69) is 19.6 Å². The van der Waals surface area contributed by atoms with Gasteiger partial charge in [0.15, 0.2) is 0 Å². The van der Waals surface area contributed by atoms with Crippen LogP contribution in [0, 0.1) is 0 Å². The zero-order valence-electron chi connectivity index (χ0n) is 14.7. The van der Waals surface area contributed by atoms with Crippen molar-refractivity contribution in [2.45, 2.75) is 90.4 Å². The second kappa shape index (κ2) is 18.0. The van der Waals surface area contributed by atoms with Gasteiger partial charge < -0.3 is 4.74 Å². The molecule has 128 valence electrons. The van der Waals surface area contributed by atoms with Crippen molar-refractivity contribution < 1.29 is 9.53 Å². The van der Waals surface area contributed by atoms with Crippen molar-refractivity contribution in [3.63, 3.8) is 0 Å². The third kappa shape index (κ3) is 17.0. The molecule has 0 fully saturated rings. The van der Waals surface area contributed by atoms with Crippen LogP contribution in [0.4, 0.5) is 0 Å². The standard InChI is InChI=1S/C20H36O2/c1-3-5-6-7-8-9-10-11-12-13-14-15-16-17-18-19-22-20(21)4-2/h4,17-18H,2-3,5-16,19H2,1H3/b18-17+. The van der Waals surface area contributed by atoms with Crippen molar-refractivity contribution in [2.75, 3.05) is 6.61 Å². The maximum absolute atomic E-state index is 10.8. The summed E-state index contributed by atoms with van der Waals surface area (Å²) < 4.78 is 4.86. The number of hydrogen-bond acceptors (Lipinski definition) is 2. The molecular weight excluding hydrogens is 272 g/mol. The number of unbranched alkanes of at least 4 members (excludes halogenated alkanes) is 12. The Kier molecular flexibility index (Phi) is 17.1. The summed E-state index contributed by atoms with van der Waals surface area (Å²) in [6.07, 6.45) is 22.9. The van der Waals surface area contributed by atoms with Crippen LogP contribution >= 0.6 is 0 Å². The van der Waals surface area contributed by atoms with Gasteiger partial charge in [0, 0.05) is 6.08 Å². The van der Waals surface area contributed by atoms with Crippen LogP contribution in [0.3, 0.4) is 0 Å². The van der Waals surface area contributed by atoms with Crippen LogP contribution in [0.15, 0.2) is 24.8 Å². The lowest BCUT2D eigenvalue weighted by atomic mass is 10.0. The summed E-state index contributed by atoms with van der Waals surface area (Å²) >= 11 is 0. The summed E-state index contributed by atoms with van der Waals surface area (Å²) in [6.45, 7) is 5.99. The monoisotopic (exact) mass is 308 g/mol. The van der Waals surface area contributed by atoms with Crippen molar-refractivity contribution in [2.24, 2.45) is 0 Å². The Hall–Kier alpha value is -1.05. The van der Waals surface area contributed by atoms with Crippen molar-refractivity contribution in [1.29, 1.82) is 0 Å². The molecule has 0 aliphatic carbocycles. The molecule has 0 amide bonds. The molecule has 0 aromatic carbocycles. The highest BCUT2D eigenvalue weighted by atomic mass is 16.5. The third-order valence-corrected chi connectivity index (χ3v) is 3.88. The molecule has 0 N–H and O–H groups in total. The maximum Gasteiger partial charge on any atom is 0.330 e. The number of esters is 1. The average Bonchev–Trinajstić information content (AvgIpc) is 2.54. The molecule has 22 heavy (non-hydrogen) atoms. The van der Waals surface area contributed by atoms with E-state index in [1.165, 1.54) is 83.1 Å².